The molecule has 0 unspecified atom stereocenters. The smallest absolute Gasteiger partial charge is 0.136 e. The van der Waals surface area contributed by atoms with Crippen LogP contribution in [0, 0.1) is 0 Å². The zero-order valence-electron chi connectivity index (χ0n) is 27.6. The van der Waals surface area contributed by atoms with Gasteiger partial charge in [0.2, 0.25) is 0 Å². The van der Waals surface area contributed by atoms with Gasteiger partial charge in [0.05, 0.1) is 0 Å². The Morgan fingerprint density at radius 3 is 1.73 bits per heavy atom. The second-order valence-corrected chi connectivity index (χ2v) is 14.0. The lowest BCUT2D eigenvalue weighted by molar-refractivity contribution is 0.669. The number of hydrogen-bond donors (Lipinski definition) is 0. The van der Waals surface area contributed by atoms with Crippen molar-refractivity contribution in [3.05, 3.63) is 170 Å². The van der Waals surface area contributed by atoms with Crippen molar-refractivity contribution in [1.29, 1.82) is 0 Å². The number of hydrogen-bond acceptors (Lipinski definition) is 1. The van der Waals surface area contributed by atoms with Gasteiger partial charge in [-0.25, -0.2) is 0 Å². The molecule has 1 aromatic heterocycles. The summed E-state index contributed by atoms with van der Waals surface area (Å²) in [7, 11) is 0. The quantitative estimate of drug-likeness (QED) is 0.171. The molecule has 11 aromatic carbocycles. The zero-order valence-corrected chi connectivity index (χ0v) is 27.6. The first-order valence-corrected chi connectivity index (χ1v) is 17.7. The standard InChI is InChI=1S/C50H28O/c1-2-10-34-27-45-44(24-33(34)9-1)50-43(42-25-35-19-16-29-8-3-4-13-38(29)48(35)40-15-6-5-14-39(40)42)26-36(28-46(50)51-45)37-22-20-32-18-17-30-11-7-12-31-21-23-41(37)49(32)47(30)31/h1-28H. The minimum atomic E-state index is 0.904. The van der Waals surface area contributed by atoms with E-state index in [1.54, 1.807) is 0 Å². The highest BCUT2D eigenvalue weighted by Crippen LogP contribution is 2.47. The molecule has 1 nitrogen and oxygen atoms in total. The molecule has 0 radical (unpaired) electrons. The molecule has 0 aliphatic heterocycles. The van der Waals surface area contributed by atoms with E-state index in [1.807, 2.05) is 0 Å². The Labute approximate surface area is 292 Å². The van der Waals surface area contributed by atoms with Crippen LogP contribution in [0.5, 0.6) is 0 Å². The van der Waals surface area contributed by atoms with Crippen LogP contribution in [-0.4, -0.2) is 0 Å². The van der Waals surface area contributed by atoms with E-state index in [4.69, 9.17) is 4.42 Å². The van der Waals surface area contributed by atoms with Gasteiger partial charge < -0.3 is 4.42 Å². The van der Waals surface area contributed by atoms with Crippen LogP contribution in [0.3, 0.4) is 0 Å². The Kier molecular flexibility index (Phi) is 5.29. The molecule has 0 bridgehead atoms. The Morgan fingerprint density at radius 1 is 0.255 bits per heavy atom. The summed E-state index contributed by atoms with van der Waals surface area (Å²) < 4.78 is 6.87. The highest BCUT2D eigenvalue weighted by atomic mass is 16.3. The van der Waals surface area contributed by atoms with Crippen LogP contribution < -0.4 is 0 Å². The van der Waals surface area contributed by atoms with Gasteiger partial charge in [-0.2, -0.15) is 0 Å². The Morgan fingerprint density at radius 2 is 0.882 bits per heavy atom. The highest BCUT2D eigenvalue weighted by molar-refractivity contribution is 6.28. The first-order chi connectivity index (χ1) is 25.3. The van der Waals surface area contributed by atoms with E-state index in [0.717, 1.165) is 27.5 Å². The van der Waals surface area contributed by atoms with Crippen LogP contribution in [0.1, 0.15) is 0 Å². The number of benzene rings is 11. The van der Waals surface area contributed by atoms with Crippen molar-refractivity contribution >= 4 is 97.3 Å². The average molecular weight is 645 g/mol. The van der Waals surface area contributed by atoms with Gasteiger partial charge in [-0.1, -0.05) is 140 Å². The molecular weight excluding hydrogens is 617 g/mol. The van der Waals surface area contributed by atoms with Crippen molar-refractivity contribution in [1.82, 2.24) is 0 Å². The van der Waals surface area contributed by atoms with Gasteiger partial charge in [-0.05, 0) is 128 Å². The van der Waals surface area contributed by atoms with Crippen LogP contribution in [-0.2, 0) is 0 Å². The molecule has 0 aliphatic carbocycles. The predicted molar refractivity (Wildman–Crippen MR) is 218 cm³/mol. The summed E-state index contributed by atoms with van der Waals surface area (Å²) in [5, 5.41) is 20.0. The zero-order chi connectivity index (χ0) is 33.2. The second-order valence-electron chi connectivity index (χ2n) is 14.0. The summed E-state index contributed by atoms with van der Waals surface area (Å²) in [5.74, 6) is 0. The van der Waals surface area contributed by atoms with E-state index < -0.39 is 0 Å². The lowest BCUT2D eigenvalue weighted by Gasteiger charge is -2.17. The molecule has 1 heteroatoms. The van der Waals surface area contributed by atoms with Crippen LogP contribution >= 0.6 is 0 Å². The molecule has 1 heterocycles. The molecule has 0 spiro atoms. The van der Waals surface area contributed by atoms with Gasteiger partial charge in [0, 0.05) is 10.8 Å². The minimum absolute atomic E-state index is 0.904. The van der Waals surface area contributed by atoms with Crippen LogP contribution in [0.2, 0.25) is 0 Å². The maximum Gasteiger partial charge on any atom is 0.136 e. The van der Waals surface area contributed by atoms with E-state index in [9.17, 15) is 0 Å². The summed E-state index contributed by atoms with van der Waals surface area (Å²) >= 11 is 0. The Hall–Kier alpha value is -6.70. The summed E-state index contributed by atoms with van der Waals surface area (Å²) in [6.45, 7) is 0. The number of furan rings is 1. The fraction of sp³-hybridized carbons (Fsp3) is 0. The fourth-order valence-corrected chi connectivity index (χ4v) is 9.05. The molecule has 0 amide bonds. The van der Waals surface area contributed by atoms with Crippen molar-refractivity contribution in [2.24, 2.45) is 0 Å². The summed E-state index contributed by atoms with van der Waals surface area (Å²) in [6, 6.07) is 62.7. The fourth-order valence-electron chi connectivity index (χ4n) is 9.05. The number of fused-ring (bicyclic) bond motifs is 9. The first-order valence-electron chi connectivity index (χ1n) is 17.7. The second kappa shape index (κ2) is 9.94. The molecule has 0 N–H and O–H groups in total. The van der Waals surface area contributed by atoms with Gasteiger partial charge in [-0.15, -0.1) is 0 Å². The molecule has 0 atom stereocenters. The molecule has 0 saturated heterocycles. The van der Waals surface area contributed by atoms with Crippen molar-refractivity contribution in [2.45, 2.75) is 0 Å². The van der Waals surface area contributed by atoms with E-state index in [1.165, 1.54) is 92.1 Å². The monoisotopic (exact) mass is 644 g/mol. The van der Waals surface area contributed by atoms with Gasteiger partial charge in [0.15, 0.2) is 0 Å². The van der Waals surface area contributed by atoms with Crippen LogP contribution in [0.25, 0.3) is 120 Å². The maximum absolute atomic E-state index is 6.87. The van der Waals surface area contributed by atoms with Crippen LogP contribution in [0.15, 0.2) is 174 Å². The third kappa shape index (κ3) is 3.75. The molecule has 0 saturated carbocycles. The topological polar surface area (TPSA) is 13.1 Å². The van der Waals surface area contributed by atoms with E-state index in [0.29, 0.717) is 0 Å². The van der Waals surface area contributed by atoms with Gasteiger partial charge >= 0.3 is 0 Å². The maximum atomic E-state index is 6.87. The largest absolute Gasteiger partial charge is 0.456 e. The molecule has 0 fully saturated rings. The lowest BCUT2D eigenvalue weighted by Crippen LogP contribution is -1.90. The normalized spacial score (nSPS) is 12.3. The van der Waals surface area contributed by atoms with Crippen molar-refractivity contribution < 1.29 is 4.42 Å². The van der Waals surface area contributed by atoms with Crippen molar-refractivity contribution in [3.8, 4) is 22.3 Å². The Bertz CT molecular complexity index is 3400. The third-order valence-electron chi connectivity index (χ3n) is 11.3. The van der Waals surface area contributed by atoms with Crippen molar-refractivity contribution in [2.75, 3.05) is 0 Å². The summed E-state index contributed by atoms with van der Waals surface area (Å²) in [5.41, 5.74) is 6.59. The van der Waals surface area contributed by atoms with Crippen LogP contribution in [0.4, 0.5) is 0 Å². The summed E-state index contributed by atoms with van der Waals surface area (Å²) in [4.78, 5) is 0. The lowest BCUT2D eigenvalue weighted by atomic mass is 9.86. The number of rotatable bonds is 2. The average Bonchev–Trinajstić information content (AvgIpc) is 3.55. The molecule has 234 valence electrons. The predicted octanol–water partition coefficient (Wildman–Crippen LogP) is 14.4. The molecule has 0 aliphatic rings. The molecule has 12 aromatic rings. The van der Waals surface area contributed by atoms with Crippen molar-refractivity contribution in [3.63, 3.8) is 0 Å². The highest BCUT2D eigenvalue weighted by Gasteiger charge is 2.21. The third-order valence-corrected chi connectivity index (χ3v) is 11.3. The molecule has 51 heavy (non-hydrogen) atoms. The van der Waals surface area contributed by atoms with Gasteiger partial charge in [0.25, 0.3) is 0 Å². The minimum Gasteiger partial charge on any atom is -0.456 e. The van der Waals surface area contributed by atoms with E-state index >= 15 is 0 Å². The van der Waals surface area contributed by atoms with Gasteiger partial charge in [0.1, 0.15) is 11.2 Å². The summed E-state index contributed by atoms with van der Waals surface area (Å²) in [6.07, 6.45) is 0. The molecule has 12 rings (SSSR count). The first kappa shape index (κ1) is 27.2. The van der Waals surface area contributed by atoms with Gasteiger partial charge in [-0.3, -0.25) is 0 Å². The molecular formula is C50H28O. The van der Waals surface area contributed by atoms with E-state index in [2.05, 4.69) is 170 Å². The SMILES string of the molecule is c1ccc2cc3c(cc2c1)oc1cc(-c2ccc4ccc5cccc6ccc2c4c56)cc(-c2cc4ccc5ccccc5c4c4ccccc24)c13. The van der Waals surface area contributed by atoms with E-state index in [-0.39, 0.29) is 0 Å². The Balaban J connectivity index is 1.24.